The number of hydrogen-bond donors (Lipinski definition) is 1. The maximum atomic E-state index is 14.6. The molecule has 15 heteroatoms. The third-order valence-corrected chi connectivity index (χ3v) is 12.6. The molecule has 0 aliphatic carbocycles. The smallest absolute Gasteiger partial charge is 0.255 e. The molecule has 70 heavy (non-hydrogen) atoms. The Morgan fingerprint density at radius 1 is 0.514 bits per heavy atom. The number of ether oxygens (including phenoxy) is 8. The van der Waals surface area contributed by atoms with E-state index in [9.17, 15) is 9.59 Å². The van der Waals surface area contributed by atoms with Crippen molar-refractivity contribution >= 4 is 35.0 Å². The second kappa shape index (κ2) is 25.7. The van der Waals surface area contributed by atoms with Crippen LogP contribution in [0, 0.1) is 0 Å². The lowest BCUT2D eigenvalue weighted by Crippen LogP contribution is -2.39. The molecule has 1 fully saturated rings. The Morgan fingerprint density at radius 3 is 1.31 bits per heavy atom. The normalized spacial score (nSPS) is 12.2. The van der Waals surface area contributed by atoms with Crippen LogP contribution in [-0.4, -0.2) is 89.3 Å². The molecule has 1 heterocycles. The zero-order valence-corrected chi connectivity index (χ0v) is 41.5. The number of carbonyl (C=O) groups excluding carboxylic acids is 2. The van der Waals surface area contributed by atoms with E-state index in [1.165, 1.54) is 0 Å². The summed E-state index contributed by atoms with van der Waals surface area (Å²) in [5.41, 5.74) is 4.04. The second-order valence-electron chi connectivity index (χ2n) is 16.5. The Labute approximate surface area is 420 Å². The standard InChI is InChI=1S/C55H59Cl2N3O10/c1-63-42-16-8-38(9-17-42)34-67-48-26-24-46(50(56)52(48)69-36-40-12-20-44(65-3)21-13-40)54(61)58-28-7-31-60(33-32-59-29-5-6-30-59)55(62)47-25-27-49(68-35-39-10-18-43(64-2)19-11-39)53(51(47)57)70-37-41-14-22-45(66-4)23-15-41/h8-27H,5-7,28-37H2,1-4H3,(H,58,61). The van der Waals surface area contributed by atoms with Crippen molar-refractivity contribution in [1.82, 2.24) is 15.1 Å². The SMILES string of the molecule is COc1ccc(COc2ccc(C(=O)NCCCN(CCN3CCCC3)C(=O)c3ccc(OCc4ccc(OC)cc4)c(OCc4ccc(OC)cc4)c3Cl)c(Cl)c2OCc2ccc(OC)cc2)cc1. The van der Waals surface area contributed by atoms with E-state index >= 15 is 0 Å². The monoisotopic (exact) mass is 991 g/mol. The molecule has 0 atom stereocenters. The average Bonchev–Trinajstić information content (AvgIpc) is 3.93. The van der Waals surface area contributed by atoms with Crippen molar-refractivity contribution in [2.24, 2.45) is 0 Å². The second-order valence-corrected chi connectivity index (χ2v) is 17.3. The Kier molecular flexibility index (Phi) is 18.8. The van der Waals surface area contributed by atoms with E-state index in [0.717, 1.165) is 65.4 Å². The van der Waals surface area contributed by atoms with Gasteiger partial charge in [0.15, 0.2) is 23.0 Å². The van der Waals surface area contributed by atoms with Crippen LogP contribution < -0.4 is 43.2 Å². The molecule has 0 saturated carbocycles. The fourth-order valence-electron chi connectivity index (χ4n) is 7.75. The van der Waals surface area contributed by atoms with Gasteiger partial charge in [0.2, 0.25) is 0 Å². The summed E-state index contributed by atoms with van der Waals surface area (Å²) in [6.07, 6.45) is 2.68. The minimum atomic E-state index is -0.400. The van der Waals surface area contributed by atoms with Crippen LogP contribution in [0.25, 0.3) is 0 Å². The fraction of sp³-hybridized carbons (Fsp3) is 0.309. The molecule has 0 aromatic heterocycles. The first-order valence-electron chi connectivity index (χ1n) is 23.1. The zero-order valence-electron chi connectivity index (χ0n) is 40.0. The molecular formula is C55H59Cl2N3O10. The molecule has 1 aliphatic heterocycles. The van der Waals surface area contributed by atoms with Crippen molar-refractivity contribution in [3.05, 3.63) is 165 Å². The Balaban J connectivity index is 1.06. The van der Waals surface area contributed by atoms with Gasteiger partial charge in [-0.25, -0.2) is 0 Å². The largest absolute Gasteiger partial charge is 0.497 e. The third kappa shape index (κ3) is 13.9. The number of hydrogen-bond acceptors (Lipinski definition) is 11. The highest BCUT2D eigenvalue weighted by atomic mass is 35.5. The lowest BCUT2D eigenvalue weighted by atomic mass is 10.1. The Hall–Kier alpha value is -6.80. The molecule has 13 nitrogen and oxygen atoms in total. The van der Waals surface area contributed by atoms with Crippen LogP contribution in [0.2, 0.25) is 10.0 Å². The van der Waals surface area contributed by atoms with Crippen molar-refractivity contribution in [2.45, 2.75) is 45.7 Å². The molecule has 6 aromatic carbocycles. The van der Waals surface area contributed by atoms with Gasteiger partial charge in [0, 0.05) is 26.2 Å². The number of carbonyl (C=O) groups is 2. The van der Waals surface area contributed by atoms with Gasteiger partial charge in [0.05, 0.1) is 49.6 Å². The summed E-state index contributed by atoms with van der Waals surface area (Å²) in [6.45, 7) is 4.47. The number of amides is 2. The summed E-state index contributed by atoms with van der Waals surface area (Å²) in [6, 6.07) is 36.8. The van der Waals surface area contributed by atoms with Crippen molar-refractivity contribution in [1.29, 1.82) is 0 Å². The molecule has 1 aliphatic rings. The van der Waals surface area contributed by atoms with Crippen molar-refractivity contribution in [2.75, 3.05) is 67.7 Å². The van der Waals surface area contributed by atoms with E-state index in [4.69, 9.17) is 61.1 Å². The first-order chi connectivity index (χ1) is 34.2. The first kappa shape index (κ1) is 51.1. The molecule has 1 N–H and O–H groups in total. The molecule has 1 saturated heterocycles. The van der Waals surface area contributed by atoms with Gasteiger partial charge in [0.25, 0.3) is 11.8 Å². The highest BCUT2D eigenvalue weighted by Gasteiger charge is 2.26. The van der Waals surface area contributed by atoms with Crippen LogP contribution in [-0.2, 0) is 26.4 Å². The van der Waals surface area contributed by atoms with Gasteiger partial charge in [-0.05, 0) is 127 Å². The predicted molar refractivity (Wildman–Crippen MR) is 271 cm³/mol. The maximum Gasteiger partial charge on any atom is 0.255 e. The van der Waals surface area contributed by atoms with Crippen molar-refractivity contribution in [3.63, 3.8) is 0 Å². The van der Waals surface area contributed by atoms with E-state index in [0.29, 0.717) is 43.3 Å². The Morgan fingerprint density at radius 2 is 0.900 bits per heavy atom. The van der Waals surface area contributed by atoms with Crippen LogP contribution in [0.4, 0.5) is 0 Å². The summed E-state index contributed by atoms with van der Waals surface area (Å²) in [5, 5.41) is 3.25. The number of rotatable bonds is 25. The number of methoxy groups -OCH3 is 4. The Bertz CT molecular complexity index is 2630. The molecule has 0 bridgehead atoms. The van der Waals surface area contributed by atoms with Gasteiger partial charge in [-0.1, -0.05) is 71.7 Å². The number of halogens is 2. The molecular weight excluding hydrogens is 934 g/mol. The molecule has 0 unspecified atom stereocenters. The number of nitrogens with one attached hydrogen (secondary N) is 1. The van der Waals surface area contributed by atoms with Crippen LogP contribution in [0.5, 0.6) is 46.0 Å². The maximum absolute atomic E-state index is 14.6. The lowest BCUT2D eigenvalue weighted by molar-refractivity contribution is 0.0737. The van der Waals surface area contributed by atoms with E-state index in [1.807, 2.05) is 97.1 Å². The molecule has 6 aromatic rings. The van der Waals surface area contributed by atoms with Gasteiger partial charge in [-0.3, -0.25) is 9.59 Å². The summed E-state index contributed by atoms with van der Waals surface area (Å²) in [7, 11) is 6.45. The van der Waals surface area contributed by atoms with E-state index in [1.54, 1.807) is 57.6 Å². The quantitative estimate of drug-likeness (QED) is 0.0551. The first-order valence-corrected chi connectivity index (χ1v) is 23.9. The zero-order chi connectivity index (χ0) is 49.2. The lowest BCUT2D eigenvalue weighted by Gasteiger charge is -2.27. The predicted octanol–water partition coefficient (Wildman–Crippen LogP) is 10.7. The minimum Gasteiger partial charge on any atom is -0.497 e. The molecule has 0 spiro atoms. The van der Waals surface area contributed by atoms with Crippen molar-refractivity contribution in [3.8, 4) is 46.0 Å². The van der Waals surface area contributed by atoms with Crippen LogP contribution >= 0.6 is 23.2 Å². The van der Waals surface area contributed by atoms with Crippen molar-refractivity contribution < 1.29 is 47.5 Å². The van der Waals surface area contributed by atoms with E-state index in [2.05, 4.69) is 10.2 Å². The third-order valence-electron chi connectivity index (χ3n) is 11.9. The highest BCUT2D eigenvalue weighted by molar-refractivity contribution is 6.36. The van der Waals surface area contributed by atoms with E-state index in [-0.39, 0.29) is 71.6 Å². The number of nitrogens with zero attached hydrogens (tertiary/aromatic N) is 2. The van der Waals surface area contributed by atoms with Gasteiger partial charge in [-0.2, -0.15) is 0 Å². The molecule has 368 valence electrons. The van der Waals surface area contributed by atoms with Crippen LogP contribution in [0.15, 0.2) is 121 Å². The minimum absolute atomic E-state index is 0.108. The molecule has 7 rings (SSSR count). The fourth-order valence-corrected chi connectivity index (χ4v) is 8.34. The summed E-state index contributed by atoms with van der Waals surface area (Å²) >= 11 is 14.1. The van der Waals surface area contributed by atoms with Crippen LogP contribution in [0.1, 0.15) is 62.2 Å². The van der Waals surface area contributed by atoms with Crippen LogP contribution in [0.3, 0.4) is 0 Å². The van der Waals surface area contributed by atoms with E-state index < -0.39 is 5.91 Å². The highest BCUT2D eigenvalue weighted by Crippen LogP contribution is 2.41. The summed E-state index contributed by atoms with van der Waals surface area (Å²) in [4.78, 5) is 32.6. The molecule has 2 amide bonds. The molecule has 0 radical (unpaired) electrons. The topological polar surface area (TPSA) is 126 Å². The summed E-state index contributed by atoms with van der Waals surface area (Å²) in [5.74, 6) is 3.50. The van der Waals surface area contributed by atoms with Gasteiger partial charge in [0.1, 0.15) is 49.4 Å². The number of benzene rings is 6. The van der Waals surface area contributed by atoms with Gasteiger partial charge in [-0.15, -0.1) is 0 Å². The average molecular weight is 993 g/mol. The summed E-state index contributed by atoms with van der Waals surface area (Å²) < 4.78 is 46.4. The number of likely N-dealkylation sites (tertiary alicyclic amines) is 1. The van der Waals surface area contributed by atoms with Gasteiger partial charge < -0.3 is 53.0 Å². The van der Waals surface area contributed by atoms with Gasteiger partial charge >= 0.3 is 0 Å².